The first-order valence-corrected chi connectivity index (χ1v) is 9.11. The van der Waals surface area contributed by atoms with E-state index < -0.39 is 23.5 Å². The molecule has 0 aliphatic carbocycles. The highest BCUT2D eigenvalue weighted by Gasteiger charge is 2.43. The fourth-order valence-corrected chi connectivity index (χ4v) is 3.34. The average Bonchev–Trinajstić information content (AvgIpc) is 3.35. The third-order valence-electron chi connectivity index (χ3n) is 5.01. The van der Waals surface area contributed by atoms with Crippen LogP contribution in [0.3, 0.4) is 0 Å². The van der Waals surface area contributed by atoms with E-state index in [1.807, 2.05) is 36.4 Å². The minimum Gasteiger partial charge on any atom is -0.467 e. The van der Waals surface area contributed by atoms with Crippen molar-refractivity contribution >= 4 is 17.8 Å². The minimum absolute atomic E-state index is 0.285. The Morgan fingerprint density at radius 3 is 2.31 bits per heavy atom. The lowest BCUT2D eigenvalue weighted by Crippen LogP contribution is -2.40. The summed E-state index contributed by atoms with van der Waals surface area (Å²) in [6, 6.07) is 18.7. The van der Waals surface area contributed by atoms with E-state index in [4.69, 9.17) is 4.42 Å². The molecule has 0 unspecified atom stereocenters. The zero-order chi connectivity index (χ0) is 20.4. The van der Waals surface area contributed by atoms with E-state index in [-0.39, 0.29) is 5.91 Å². The van der Waals surface area contributed by atoms with Gasteiger partial charge in [0.25, 0.3) is 11.8 Å². The lowest BCUT2D eigenvalue weighted by molar-refractivity contribution is -0.123. The van der Waals surface area contributed by atoms with Crippen molar-refractivity contribution in [2.45, 2.75) is 18.5 Å². The van der Waals surface area contributed by atoms with Crippen molar-refractivity contribution in [1.82, 2.24) is 16.0 Å². The van der Waals surface area contributed by atoms with E-state index >= 15 is 0 Å². The van der Waals surface area contributed by atoms with Crippen LogP contribution in [0.1, 0.15) is 40.2 Å². The summed E-state index contributed by atoms with van der Waals surface area (Å²) in [5, 5.41) is 7.81. The first kappa shape index (κ1) is 18.5. The molecule has 1 aliphatic heterocycles. The Labute approximate surface area is 167 Å². The van der Waals surface area contributed by atoms with Gasteiger partial charge in [0.2, 0.25) is 0 Å². The summed E-state index contributed by atoms with van der Waals surface area (Å²) < 4.78 is 5.51. The molecular formula is C22H19N3O4. The molecule has 1 aliphatic rings. The zero-order valence-electron chi connectivity index (χ0n) is 15.6. The number of amides is 4. The van der Waals surface area contributed by atoms with E-state index in [2.05, 4.69) is 16.0 Å². The fraction of sp³-hybridized carbons (Fsp3) is 0.136. The summed E-state index contributed by atoms with van der Waals surface area (Å²) >= 11 is 0. The highest BCUT2D eigenvalue weighted by Crippen LogP contribution is 2.26. The number of furan rings is 1. The van der Waals surface area contributed by atoms with Gasteiger partial charge in [-0.3, -0.25) is 14.9 Å². The summed E-state index contributed by atoms with van der Waals surface area (Å²) in [5.74, 6) is -0.0902. The van der Waals surface area contributed by atoms with Crippen molar-refractivity contribution in [3.05, 3.63) is 95.4 Å². The van der Waals surface area contributed by atoms with Gasteiger partial charge < -0.3 is 15.1 Å². The molecule has 7 nitrogen and oxygen atoms in total. The molecule has 29 heavy (non-hydrogen) atoms. The second-order valence-electron chi connectivity index (χ2n) is 6.94. The molecule has 0 bridgehead atoms. The van der Waals surface area contributed by atoms with Crippen LogP contribution in [0.15, 0.2) is 77.4 Å². The molecule has 2 aromatic carbocycles. The normalized spacial score (nSPS) is 19.3. The number of rotatable bonds is 5. The second-order valence-corrected chi connectivity index (χ2v) is 6.94. The van der Waals surface area contributed by atoms with E-state index in [0.717, 1.165) is 5.56 Å². The third kappa shape index (κ3) is 3.50. The highest BCUT2D eigenvalue weighted by molar-refractivity contribution is 6.07. The summed E-state index contributed by atoms with van der Waals surface area (Å²) in [6.45, 7) is 1.62. The lowest BCUT2D eigenvalue weighted by atomic mass is 9.91. The van der Waals surface area contributed by atoms with Crippen LogP contribution in [-0.4, -0.2) is 17.8 Å². The Hall–Kier alpha value is -3.87. The van der Waals surface area contributed by atoms with Gasteiger partial charge in [0.05, 0.1) is 6.26 Å². The fourth-order valence-electron chi connectivity index (χ4n) is 3.34. The summed E-state index contributed by atoms with van der Waals surface area (Å²) in [6.07, 6.45) is 1.56. The first-order valence-electron chi connectivity index (χ1n) is 9.11. The second kappa shape index (κ2) is 7.27. The molecule has 1 aromatic heterocycles. The third-order valence-corrected chi connectivity index (χ3v) is 5.01. The molecule has 0 radical (unpaired) electrons. The highest BCUT2D eigenvalue weighted by atomic mass is 16.3. The summed E-state index contributed by atoms with van der Waals surface area (Å²) in [4.78, 5) is 36.4. The molecule has 2 atom stereocenters. The molecule has 7 heteroatoms. The number of urea groups is 1. The van der Waals surface area contributed by atoms with Gasteiger partial charge in [-0.1, -0.05) is 42.5 Å². The van der Waals surface area contributed by atoms with Crippen molar-refractivity contribution in [2.24, 2.45) is 0 Å². The van der Waals surface area contributed by atoms with E-state index in [9.17, 15) is 14.4 Å². The maximum absolute atomic E-state index is 12.9. The van der Waals surface area contributed by atoms with Crippen LogP contribution in [0.5, 0.6) is 0 Å². The van der Waals surface area contributed by atoms with Gasteiger partial charge in [-0.25, -0.2) is 4.79 Å². The van der Waals surface area contributed by atoms with Gasteiger partial charge in [-0.2, -0.15) is 0 Å². The number of hydrogen-bond acceptors (Lipinski definition) is 4. The largest absolute Gasteiger partial charge is 0.467 e. The van der Waals surface area contributed by atoms with Gasteiger partial charge in [-0.15, -0.1) is 0 Å². The number of carbonyl (C=O) groups excluding carboxylic acids is 3. The number of benzene rings is 2. The first-order chi connectivity index (χ1) is 14.0. The lowest BCUT2D eigenvalue weighted by Gasteiger charge is -2.21. The van der Waals surface area contributed by atoms with Gasteiger partial charge in [0.15, 0.2) is 0 Å². The maximum atomic E-state index is 12.9. The Morgan fingerprint density at radius 1 is 1.00 bits per heavy atom. The van der Waals surface area contributed by atoms with Crippen LogP contribution in [0.4, 0.5) is 4.79 Å². The van der Waals surface area contributed by atoms with Gasteiger partial charge in [0, 0.05) is 5.56 Å². The van der Waals surface area contributed by atoms with Crippen LogP contribution in [0.2, 0.25) is 0 Å². The Morgan fingerprint density at radius 2 is 1.72 bits per heavy atom. The molecule has 1 saturated heterocycles. The molecule has 4 amide bonds. The van der Waals surface area contributed by atoms with Crippen molar-refractivity contribution in [3.8, 4) is 0 Å². The molecule has 3 aromatic rings. The Kier molecular flexibility index (Phi) is 4.64. The summed E-state index contributed by atoms with van der Waals surface area (Å²) in [7, 11) is 0. The molecule has 3 N–H and O–H groups in total. The molecular weight excluding hydrogens is 370 g/mol. The quantitative estimate of drug-likeness (QED) is 0.584. The zero-order valence-corrected chi connectivity index (χ0v) is 15.6. The topological polar surface area (TPSA) is 100 Å². The van der Waals surface area contributed by atoms with Crippen LogP contribution in [-0.2, 0) is 10.3 Å². The smallest absolute Gasteiger partial charge is 0.322 e. The van der Waals surface area contributed by atoms with Crippen molar-refractivity contribution < 1.29 is 18.8 Å². The van der Waals surface area contributed by atoms with E-state index in [1.165, 1.54) is 0 Å². The number of hydrogen-bond donors (Lipinski definition) is 3. The van der Waals surface area contributed by atoms with Gasteiger partial charge in [0.1, 0.15) is 17.3 Å². The van der Waals surface area contributed by atoms with Crippen LogP contribution >= 0.6 is 0 Å². The van der Waals surface area contributed by atoms with Gasteiger partial charge >= 0.3 is 6.03 Å². The monoisotopic (exact) mass is 389 g/mol. The predicted molar refractivity (Wildman–Crippen MR) is 105 cm³/mol. The molecule has 0 spiro atoms. The van der Waals surface area contributed by atoms with Crippen molar-refractivity contribution in [1.29, 1.82) is 0 Å². The number of nitrogens with one attached hydrogen (secondary N) is 3. The Balaban J connectivity index is 1.56. The number of imide groups is 1. The van der Waals surface area contributed by atoms with Gasteiger partial charge in [-0.05, 0) is 42.3 Å². The Bertz CT molecular complexity index is 1050. The van der Waals surface area contributed by atoms with Crippen molar-refractivity contribution in [3.63, 3.8) is 0 Å². The maximum Gasteiger partial charge on any atom is 0.322 e. The number of carbonyl (C=O) groups is 3. The van der Waals surface area contributed by atoms with Crippen molar-refractivity contribution in [2.75, 3.05) is 0 Å². The minimum atomic E-state index is -1.16. The average molecular weight is 389 g/mol. The summed E-state index contributed by atoms with van der Waals surface area (Å²) in [5.41, 5.74) is 0.746. The predicted octanol–water partition coefficient (Wildman–Crippen LogP) is 2.85. The molecule has 4 rings (SSSR count). The molecule has 1 fully saturated rings. The van der Waals surface area contributed by atoms with E-state index in [1.54, 1.807) is 43.5 Å². The molecule has 2 heterocycles. The molecule has 146 valence electrons. The van der Waals surface area contributed by atoms with Crippen LogP contribution < -0.4 is 16.0 Å². The SMILES string of the molecule is C[C@@]1(c2ccc(C(=O)N[C@@H](c3ccccc3)c3ccco3)cc2)NC(=O)NC1=O. The van der Waals surface area contributed by atoms with Crippen LogP contribution in [0.25, 0.3) is 0 Å². The standard InChI is InChI=1S/C22H19N3O4/c1-22(20(27)24-21(28)25-22)16-11-9-15(10-12-16)19(26)23-18(17-8-5-13-29-17)14-6-3-2-4-7-14/h2-13,18H,1H3,(H,23,26)(H2,24,25,27,28)/t18-,22-/m0/s1. The van der Waals surface area contributed by atoms with Crippen LogP contribution in [0, 0.1) is 0 Å². The molecule has 0 saturated carbocycles. The van der Waals surface area contributed by atoms with E-state index in [0.29, 0.717) is 16.9 Å².